The quantitative estimate of drug-likeness (QED) is 0.0661. The highest BCUT2D eigenvalue weighted by molar-refractivity contribution is 6.23. The molecule has 0 aliphatic carbocycles. The van der Waals surface area contributed by atoms with Gasteiger partial charge in [-0.15, -0.1) is 0 Å². The number of nitrogens with zero attached hydrogens (tertiary/aromatic N) is 3. The summed E-state index contributed by atoms with van der Waals surface area (Å²) in [5.41, 5.74) is 0.723. The summed E-state index contributed by atoms with van der Waals surface area (Å²) in [6, 6.07) is 7.89. The van der Waals surface area contributed by atoms with Crippen LogP contribution in [0.15, 0.2) is 65.5 Å². The zero-order valence-corrected chi connectivity index (χ0v) is 40.5. The number of amides is 1. The number of phenols is 3. The van der Waals surface area contributed by atoms with Gasteiger partial charge in [0.2, 0.25) is 0 Å². The first-order valence-corrected chi connectivity index (χ1v) is 22.9. The maximum Gasteiger partial charge on any atom is 0.312 e. The van der Waals surface area contributed by atoms with Gasteiger partial charge in [-0.2, -0.15) is 5.10 Å². The van der Waals surface area contributed by atoms with Crippen LogP contribution in [0, 0.1) is 30.6 Å². The van der Waals surface area contributed by atoms with Gasteiger partial charge < -0.3 is 54.5 Å². The van der Waals surface area contributed by atoms with Crippen molar-refractivity contribution in [2.24, 2.45) is 28.8 Å². The molecule has 4 aliphatic heterocycles. The average Bonchev–Trinajstić information content (AvgIpc) is 3.41. The molecule has 1 saturated heterocycles. The Morgan fingerprint density at radius 2 is 1.62 bits per heavy atom. The van der Waals surface area contributed by atoms with E-state index in [1.165, 1.54) is 59.4 Å². The molecule has 1 fully saturated rings. The minimum Gasteiger partial charge on any atom is -0.507 e. The van der Waals surface area contributed by atoms with Gasteiger partial charge in [0, 0.05) is 93.9 Å². The Kier molecular flexibility index (Phi) is 16.2. The van der Waals surface area contributed by atoms with Crippen molar-refractivity contribution in [2.75, 3.05) is 45.7 Å². The Balaban J connectivity index is 1.45. The van der Waals surface area contributed by atoms with Crippen molar-refractivity contribution in [3.05, 3.63) is 82.7 Å². The first-order valence-electron chi connectivity index (χ1n) is 22.9. The number of ketones is 1. The minimum absolute atomic E-state index is 0.0479. The molecule has 4 heterocycles. The highest BCUT2D eigenvalue weighted by atomic mass is 16.7. The highest BCUT2D eigenvalue weighted by Crippen LogP contribution is 2.55. The molecule has 17 nitrogen and oxygen atoms in total. The molecule has 0 aromatic heterocycles. The number of phenolic OH excluding ortho intramolecular Hbond substituents is 3. The van der Waals surface area contributed by atoms with Gasteiger partial charge >= 0.3 is 11.8 Å². The Morgan fingerprint density at radius 1 is 0.912 bits per heavy atom. The molecule has 1 amide bonds. The van der Waals surface area contributed by atoms with Crippen LogP contribution in [0.3, 0.4) is 0 Å². The van der Waals surface area contributed by atoms with Gasteiger partial charge in [-0.25, -0.2) is 0 Å². The van der Waals surface area contributed by atoms with Crippen LogP contribution in [0.25, 0.3) is 10.8 Å². The highest BCUT2D eigenvalue weighted by Gasteiger charge is 2.50. The topological polar surface area (TPSA) is 229 Å². The lowest BCUT2D eigenvalue weighted by atomic mass is 9.78. The lowest BCUT2D eigenvalue weighted by Gasteiger charge is -2.38. The molecule has 7 rings (SSSR count). The molecule has 0 spiro atoms. The van der Waals surface area contributed by atoms with Crippen LogP contribution in [0.2, 0.25) is 0 Å². The molecule has 6 N–H and O–H groups in total. The Bertz CT molecular complexity index is 2490. The molecule has 3 aromatic rings. The Morgan fingerprint density at radius 3 is 2.28 bits per heavy atom. The van der Waals surface area contributed by atoms with Crippen molar-refractivity contribution < 1.29 is 63.6 Å². The summed E-state index contributed by atoms with van der Waals surface area (Å²) >= 11 is 0. The number of nitrogens with one attached hydrogen (secondary N) is 1. The van der Waals surface area contributed by atoms with E-state index in [1.54, 1.807) is 47.0 Å². The molecular formula is C51H66N4O13. The second kappa shape index (κ2) is 21.4. The second-order valence-electron chi connectivity index (χ2n) is 18.3. The van der Waals surface area contributed by atoms with Gasteiger partial charge in [0.1, 0.15) is 29.1 Å². The van der Waals surface area contributed by atoms with Crippen molar-refractivity contribution >= 4 is 40.3 Å². The number of fused-ring (bicyclic) bond motifs is 14. The van der Waals surface area contributed by atoms with Crippen LogP contribution in [0.1, 0.15) is 81.9 Å². The number of aromatic hydroxyl groups is 3. The molecule has 5 bridgehead atoms. The average molecular weight is 943 g/mol. The third-order valence-corrected chi connectivity index (χ3v) is 13.5. The minimum atomic E-state index is -2.07. The smallest absolute Gasteiger partial charge is 0.312 e. The lowest BCUT2D eigenvalue weighted by molar-refractivity contribution is -0.160. The number of carbonyl (C=O) groups excluding carboxylic acids is 3. The van der Waals surface area contributed by atoms with Crippen molar-refractivity contribution in [3.8, 4) is 28.7 Å². The number of carbonyl (C=O) groups is 3. The fraction of sp³-hybridized carbons (Fsp3) is 0.490. The summed E-state index contributed by atoms with van der Waals surface area (Å²) in [5, 5.41) is 67.9. The Hall–Kier alpha value is -6.14. The van der Waals surface area contributed by atoms with Gasteiger partial charge in [0.05, 0.1) is 60.1 Å². The number of hydrogen-bond donors (Lipinski definition) is 6. The fourth-order valence-electron chi connectivity index (χ4n) is 9.23. The third-order valence-electron chi connectivity index (χ3n) is 13.5. The first-order chi connectivity index (χ1) is 32.2. The van der Waals surface area contributed by atoms with Gasteiger partial charge in [0.25, 0.3) is 11.7 Å². The number of hydrazone groups is 1. The normalized spacial score (nSPS) is 27.8. The standard InChI is InChI=1S/C51H66N4O13/c1-27-13-11-14-28(2)50(63)53-41-36(25-52-55-21-12-20-54(22-23-55)26-34-15-17-35(64-9)18-16-34)45(60)38-39(46(41)61)44(59)32(6)48-40(38)49(62)51(8,68-48)66-24-19-37(65-10)29(3)47(67-33(7)56)31(5)43(58)30(4)42(27)57/h11,13-19,24-25,27,29-31,37,42-43,47,57-61H,12,20-23,26H2,1-10H3,(H,53,63)/t27-,29-,30+,31+,37-,42+,43+,47-,51-/m0/s1. The molecule has 17 heteroatoms. The predicted octanol–water partition coefficient (Wildman–Crippen LogP) is 6.30. The monoisotopic (exact) mass is 942 g/mol. The van der Waals surface area contributed by atoms with Crippen LogP contribution >= 0.6 is 0 Å². The summed E-state index contributed by atoms with van der Waals surface area (Å²) in [6.07, 6.45) is 5.61. The number of esters is 1. The van der Waals surface area contributed by atoms with Crippen molar-refractivity contribution in [2.45, 2.75) is 98.6 Å². The number of methoxy groups -OCH3 is 2. The maximum absolute atomic E-state index is 14.6. The number of hydrogen-bond acceptors (Lipinski definition) is 16. The van der Waals surface area contributed by atoms with Gasteiger partial charge in [-0.1, -0.05) is 58.1 Å². The molecular weight excluding hydrogens is 877 g/mol. The van der Waals surface area contributed by atoms with Crippen LogP contribution in [-0.4, -0.2) is 130 Å². The molecule has 68 heavy (non-hydrogen) atoms. The molecule has 4 aliphatic rings. The zero-order chi connectivity index (χ0) is 49.8. The van der Waals surface area contributed by atoms with Crippen LogP contribution in [0.4, 0.5) is 5.69 Å². The van der Waals surface area contributed by atoms with E-state index in [-0.39, 0.29) is 44.5 Å². The van der Waals surface area contributed by atoms with E-state index < -0.39 is 88.8 Å². The molecule has 0 radical (unpaired) electrons. The summed E-state index contributed by atoms with van der Waals surface area (Å²) < 4.78 is 29.1. The number of aliphatic hydroxyl groups excluding tert-OH is 2. The zero-order valence-electron chi connectivity index (χ0n) is 40.5. The number of anilines is 1. The van der Waals surface area contributed by atoms with E-state index in [9.17, 15) is 39.9 Å². The molecule has 368 valence electrons. The number of benzene rings is 3. The SMILES string of the molecule is COc1ccc(CN2CCCN(N=Cc3c4c(O)c5c(O)c(C)c6c(c5c3O)C(=O)[C@@](C)(OC=C[C@H](OC)[C@H](C)[C@H](OC(C)=O)[C@H](C)[C@H](O)[C@H](C)[C@H](O)[C@@H](C)C=CC=C(C)C(=O)N4)O6)CC2)cc1. The summed E-state index contributed by atoms with van der Waals surface area (Å²) in [4.78, 5) is 43.3. The van der Waals surface area contributed by atoms with Crippen LogP contribution in [-0.2, 0) is 30.3 Å². The Labute approximate surface area is 397 Å². The van der Waals surface area contributed by atoms with Gasteiger partial charge in [-0.05, 0) is 44.0 Å². The van der Waals surface area contributed by atoms with E-state index >= 15 is 0 Å². The number of Topliss-reactive ketones (excluding diaryl/α,β-unsaturated/α-hetero) is 1. The largest absolute Gasteiger partial charge is 0.507 e. The first kappa shape index (κ1) is 51.3. The van der Waals surface area contributed by atoms with E-state index in [4.69, 9.17) is 28.8 Å². The van der Waals surface area contributed by atoms with E-state index in [1.807, 2.05) is 29.3 Å². The second-order valence-corrected chi connectivity index (χ2v) is 18.3. The van der Waals surface area contributed by atoms with Gasteiger partial charge in [-0.3, -0.25) is 24.3 Å². The number of ether oxygens (including phenoxy) is 5. The maximum atomic E-state index is 14.6. The van der Waals surface area contributed by atoms with Gasteiger partial charge in [0.15, 0.2) is 5.75 Å². The third kappa shape index (κ3) is 10.6. The summed E-state index contributed by atoms with van der Waals surface area (Å²) in [5.74, 6) is -7.71. The number of rotatable bonds is 7. The van der Waals surface area contributed by atoms with Crippen molar-refractivity contribution in [3.63, 3.8) is 0 Å². The van der Waals surface area contributed by atoms with Crippen LogP contribution < -0.4 is 14.8 Å². The summed E-state index contributed by atoms with van der Waals surface area (Å²) in [7, 11) is 3.06. The molecule has 3 aromatic carbocycles. The summed E-state index contributed by atoms with van der Waals surface area (Å²) in [6.45, 7) is 15.8. The number of aliphatic hydroxyl groups is 2. The fourth-order valence-corrected chi connectivity index (χ4v) is 9.23. The lowest BCUT2D eigenvalue weighted by Crippen LogP contribution is -2.46. The predicted molar refractivity (Wildman–Crippen MR) is 256 cm³/mol. The van der Waals surface area contributed by atoms with E-state index in [2.05, 4.69) is 10.2 Å². The van der Waals surface area contributed by atoms with Crippen molar-refractivity contribution in [1.82, 2.24) is 9.91 Å². The number of allylic oxidation sites excluding steroid dienone is 2. The van der Waals surface area contributed by atoms with E-state index in [0.29, 0.717) is 26.2 Å². The van der Waals surface area contributed by atoms with Crippen LogP contribution in [0.5, 0.6) is 28.7 Å². The molecule has 0 unspecified atom stereocenters. The molecule has 0 saturated carbocycles. The molecule has 9 atom stereocenters. The van der Waals surface area contributed by atoms with Crippen molar-refractivity contribution in [1.29, 1.82) is 0 Å². The van der Waals surface area contributed by atoms with E-state index in [0.717, 1.165) is 24.3 Å².